The van der Waals surface area contributed by atoms with Gasteiger partial charge >= 0.3 is 5.97 Å². The van der Waals surface area contributed by atoms with Gasteiger partial charge in [0.15, 0.2) is 5.69 Å². The molecule has 0 saturated carbocycles. The van der Waals surface area contributed by atoms with Gasteiger partial charge in [-0.05, 0) is 12.8 Å². The summed E-state index contributed by atoms with van der Waals surface area (Å²) in [7, 11) is 1.36. The zero-order valence-electron chi connectivity index (χ0n) is 9.59. The van der Waals surface area contributed by atoms with Crippen molar-refractivity contribution in [3.8, 4) is 0 Å². The molecule has 1 amide bonds. The average molecular weight is 238 g/mol. The Morgan fingerprint density at radius 3 is 3.06 bits per heavy atom. The summed E-state index contributed by atoms with van der Waals surface area (Å²) in [6, 6.07) is 1.52. The minimum Gasteiger partial charge on any atom is -0.469 e. The summed E-state index contributed by atoms with van der Waals surface area (Å²) in [4.78, 5) is 25.0. The summed E-state index contributed by atoms with van der Waals surface area (Å²) in [6.07, 6.45) is 2.91. The molecule has 0 aromatic carbocycles. The maximum absolute atomic E-state index is 12.0. The van der Waals surface area contributed by atoms with Crippen LogP contribution >= 0.6 is 0 Å². The molecule has 6 heteroatoms. The monoisotopic (exact) mass is 238 g/mol. The molecule has 0 unspecified atom stereocenters. The molecule has 2 heterocycles. The maximum atomic E-state index is 12.0. The van der Waals surface area contributed by atoms with Crippen molar-refractivity contribution < 1.29 is 18.8 Å². The van der Waals surface area contributed by atoms with Crippen LogP contribution in [0.3, 0.4) is 0 Å². The van der Waals surface area contributed by atoms with Gasteiger partial charge in [-0.15, -0.1) is 0 Å². The van der Waals surface area contributed by atoms with E-state index in [1.807, 2.05) is 0 Å². The normalized spacial score (nSPS) is 20.1. The molecule has 1 aromatic rings. The Hall–Kier alpha value is -1.85. The number of amides is 1. The Morgan fingerprint density at radius 1 is 1.59 bits per heavy atom. The van der Waals surface area contributed by atoms with E-state index in [-0.39, 0.29) is 23.5 Å². The lowest BCUT2D eigenvalue weighted by molar-refractivity contribution is -0.146. The van der Waals surface area contributed by atoms with E-state index >= 15 is 0 Å². The lowest BCUT2D eigenvalue weighted by atomic mass is 9.98. The SMILES string of the molecule is COC(=O)[C@H]1CCCN(C(=O)c2ccon2)C1. The molecule has 2 rings (SSSR count). The Balaban J connectivity index is 2.02. The Morgan fingerprint density at radius 2 is 2.41 bits per heavy atom. The number of hydrogen-bond donors (Lipinski definition) is 0. The van der Waals surface area contributed by atoms with E-state index in [0.717, 1.165) is 12.8 Å². The highest BCUT2D eigenvalue weighted by atomic mass is 16.5. The number of methoxy groups -OCH3 is 1. The molecule has 1 atom stereocenters. The van der Waals surface area contributed by atoms with Gasteiger partial charge in [0.25, 0.3) is 5.91 Å². The molecule has 17 heavy (non-hydrogen) atoms. The third-order valence-corrected chi connectivity index (χ3v) is 2.90. The van der Waals surface area contributed by atoms with Gasteiger partial charge in [0.2, 0.25) is 0 Å². The third-order valence-electron chi connectivity index (χ3n) is 2.90. The van der Waals surface area contributed by atoms with E-state index < -0.39 is 0 Å². The van der Waals surface area contributed by atoms with Crippen LogP contribution in [-0.2, 0) is 9.53 Å². The van der Waals surface area contributed by atoms with Crippen LogP contribution in [0.25, 0.3) is 0 Å². The molecule has 1 aliphatic heterocycles. The number of piperidine rings is 1. The van der Waals surface area contributed by atoms with Crippen LogP contribution in [0, 0.1) is 5.92 Å². The molecule has 1 fully saturated rings. The van der Waals surface area contributed by atoms with Crippen LogP contribution in [0.15, 0.2) is 16.9 Å². The second-order valence-electron chi connectivity index (χ2n) is 4.00. The summed E-state index contributed by atoms with van der Waals surface area (Å²) in [6.45, 7) is 1.03. The average Bonchev–Trinajstić information content (AvgIpc) is 2.91. The van der Waals surface area contributed by atoms with Crippen molar-refractivity contribution in [3.63, 3.8) is 0 Å². The summed E-state index contributed by atoms with van der Waals surface area (Å²) in [5.41, 5.74) is 0.274. The van der Waals surface area contributed by atoms with E-state index in [0.29, 0.717) is 13.1 Å². The molecular formula is C11H14N2O4. The van der Waals surface area contributed by atoms with Gasteiger partial charge in [0.05, 0.1) is 13.0 Å². The Labute approximate surface area is 98.5 Å². The van der Waals surface area contributed by atoms with Crippen LogP contribution in [0.5, 0.6) is 0 Å². The van der Waals surface area contributed by atoms with Gasteiger partial charge in [-0.25, -0.2) is 0 Å². The van der Waals surface area contributed by atoms with Crippen molar-refractivity contribution in [2.45, 2.75) is 12.8 Å². The zero-order valence-corrected chi connectivity index (χ0v) is 9.59. The number of carbonyl (C=O) groups is 2. The van der Waals surface area contributed by atoms with E-state index in [4.69, 9.17) is 4.74 Å². The first-order chi connectivity index (χ1) is 8.22. The van der Waals surface area contributed by atoms with Crippen LogP contribution in [-0.4, -0.2) is 42.1 Å². The quantitative estimate of drug-likeness (QED) is 0.709. The van der Waals surface area contributed by atoms with Gasteiger partial charge in [-0.3, -0.25) is 9.59 Å². The lowest BCUT2D eigenvalue weighted by Gasteiger charge is -2.30. The highest BCUT2D eigenvalue weighted by molar-refractivity contribution is 5.92. The standard InChI is InChI=1S/C11H14N2O4/c1-16-11(15)8-3-2-5-13(7-8)10(14)9-4-6-17-12-9/h4,6,8H,2-3,5,7H2,1H3/t8-/m0/s1. The van der Waals surface area contributed by atoms with Crippen molar-refractivity contribution >= 4 is 11.9 Å². The number of nitrogens with zero attached hydrogens (tertiary/aromatic N) is 2. The van der Waals surface area contributed by atoms with E-state index in [2.05, 4.69) is 9.68 Å². The molecule has 6 nitrogen and oxygen atoms in total. The van der Waals surface area contributed by atoms with Crippen LogP contribution < -0.4 is 0 Å². The smallest absolute Gasteiger partial charge is 0.310 e. The number of rotatable bonds is 2. The van der Waals surface area contributed by atoms with Crippen molar-refractivity contribution in [1.82, 2.24) is 10.1 Å². The maximum Gasteiger partial charge on any atom is 0.310 e. The summed E-state index contributed by atoms with van der Waals surface area (Å²) < 4.78 is 9.33. The summed E-state index contributed by atoms with van der Waals surface area (Å²) in [5.74, 6) is -0.695. The number of ether oxygens (including phenoxy) is 1. The lowest BCUT2D eigenvalue weighted by Crippen LogP contribution is -2.42. The Kier molecular flexibility index (Phi) is 3.41. The zero-order chi connectivity index (χ0) is 12.3. The van der Waals surface area contributed by atoms with Gasteiger partial charge in [0.1, 0.15) is 6.26 Å². The second kappa shape index (κ2) is 4.99. The minimum absolute atomic E-state index is 0.202. The molecule has 1 aromatic heterocycles. The fraction of sp³-hybridized carbons (Fsp3) is 0.545. The molecule has 0 radical (unpaired) electrons. The van der Waals surface area contributed by atoms with Gasteiger partial charge in [-0.2, -0.15) is 0 Å². The first kappa shape index (κ1) is 11.6. The number of esters is 1. The largest absolute Gasteiger partial charge is 0.469 e. The number of carbonyl (C=O) groups excluding carboxylic acids is 2. The summed E-state index contributed by atoms with van der Waals surface area (Å²) >= 11 is 0. The predicted octanol–water partition coefficient (Wildman–Crippen LogP) is 0.700. The van der Waals surface area contributed by atoms with Gasteiger partial charge in [-0.1, -0.05) is 5.16 Å². The van der Waals surface area contributed by atoms with E-state index in [1.54, 1.807) is 4.90 Å². The molecule has 0 bridgehead atoms. The van der Waals surface area contributed by atoms with Crippen LogP contribution in [0.4, 0.5) is 0 Å². The molecule has 0 aliphatic carbocycles. The van der Waals surface area contributed by atoms with Crippen molar-refractivity contribution in [1.29, 1.82) is 0 Å². The molecular weight excluding hydrogens is 224 g/mol. The molecule has 0 N–H and O–H groups in total. The number of aromatic nitrogens is 1. The van der Waals surface area contributed by atoms with E-state index in [9.17, 15) is 9.59 Å². The summed E-state index contributed by atoms with van der Waals surface area (Å²) in [5, 5.41) is 3.60. The minimum atomic E-state index is -0.261. The van der Waals surface area contributed by atoms with Crippen molar-refractivity contribution in [2.24, 2.45) is 5.92 Å². The molecule has 0 spiro atoms. The molecule has 1 aliphatic rings. The first-order valence-corrected chi connectivity index (χ1v) is 5.50. The number of likely N-dealkylation sites (tertiary alicyclic amines) is 1. The molecule has 1 saturated heterocycles. The Bertz CT molecular complexity index is 402. The van der Waals surface area contributed by atoms with Crippen molar-refractivity contribution in [2.75, 3.05) is 20.2 Å². The van der Waals surface area contributed by atoms with Gasteiger partial charge in [0, 0.05) is 19.2 Å². The van der Waals surface area contributed by atoms with Gasteiger partial charge < -0.3 is 14.2 Å². The first-order valence-electron chi connectivity index (χ1n) is 5.50. The predicted molar refractivity (Wildman–Crippen MR) is 57.1 cm³/mol. The van der Waals surface area contributed by atoms with Crippen LogP contribution in [0.1, 0.15) is 23.3 Å². The topological polar surface area (TPSA) is 72.6 Å². The van der Waals surface area contributed by atoms with Crippen LogP contribution in [0.2, 0.25) is 0 Å². The van der Waals surface area contributed by atoms with E-state index in [1.165, 1.54) is 19.4 Å². The number of hydrogen-bond acceptors (Lipinski definition) is 5. The second-order valence-corrected chi connectivity index (χ2v) is 4.00. The fourth-order valence-corrected chi connectivity index (χ4v) is 2.01. The fourth-order valence-electron chi connectivity index (χ4n) is 2.01. The van der Waals surface area contributed by atoms with Crippen molar-refractivity contribution in [3.05, 3.63) is 18.0 Å². The highest BCUT2D eigenvalue weighted by Gasteiger charge is 2.30. The molecule has 92 valence electrons. The third kappa shape index (κ3) is 2.46. The highest BCUT2D eigenvalue weighted by Crippen LogP contribution is 2.19.